The van der Waals surface area contributed by atoms with Crippen molar-refractivity contribution in [2.45, 2.75) is 5.92 Å². The van der Waals surface area contributed by atoms with Crippen LogP contribution in [0.1, 0.15) is 22.7 Å². The smallest absolute Gasteiger partial charge is 0.119 e. The molecule has 0 bridgehead atoms. The zero-order valence-corrected chi connectivity index (χ0v) is 18.4. The zero-order valence-electron chi connectivity index (χ0n) is 18.4. The van der Waals surface area contributed by atoms with E-state index in [1.165, 1.54) is 33.3 Å². The number of fused-ring (bicyclic) bond motifs is 2. The standard InChI is InChI=1S/C30H24N2O/c1-33-22-16-17-26-24(18-22)25(19-31-26)29-23-14-8-9-15-27(23)32-30(29)28(20-10-4-2-5-11-20)21-12-6-3-7-13-21/h2-19,28,31-32H,1H3. The number of para-hydroxylation sites is 1. The summed E-state index contributed by atoms with van der Waals surface area (Å²) in [5.41, 5.74) is 8.34. The molecule has 0 spiro atoms. The number of aromatic amines is 2. The van der Waals surface area contributed by atoms with Crippen LogP contribution in [0.2, 0.25) is 0 Å². The fourth-order valence-electron chi connectivity index (χ4n) is 4.92. The maximum atomic E-state index is 5.55. The van der Waals surface area contributed by atoms with Crippen molar-refractivity contribution < 1.29 is 4.74 Å². The predicted octanol–water partition coefficient (Wildman–Crippen LogP) is 7.51. The van der Waals surface area contributed by atoms with E-state index in [1.807, 2.05) is 6.07 Å². The van der Waals surface area contributed by atoms with Gasteiger partial charge in [0.2, 0.25) is 0 Å². The molecule has 0 radical (unpaired) electrons. The number of rotatable bonds is 5. The van der Waals surface area contributed by atoms with Gasteiger partial charge < -0.3 is 14.7 Å². The number of H-pyrrole nitrogens is 2. The Morgan fingerprint density at radius 1 is 0.667 bits per heavy atom. The molecule has 0 atom stereocenters. The molecule has 6 aromatic rings. The van der Waals surface area contributed by atoms with Gasteiger partial charge >= 0.3 is 0 Å². The first kappa shape index (κ1) is 19.4. The third kappa shape index (κ3) is 3.30. The van der Waals surface area contributed by atoms with E-state index in [2.05, 4.69) is 113 Å². The van der Waals surface area contributed by atoms with Crippen LogP contribution in [0, 0.1) is 0 Å². The van der Waals surface area contributed by atoms with Crippen molar-refractivity contribution in [3.8, 4) is 16.9 Å². The molecule has 2 aromatic heterocycles. The summed E-state index contributed by atoms with van der Waals surface area (Å²) in [7, 11) is 1.71. The van der Waals surface area contributed by atoms with Crippen LogP contribution in [-0.2, 0) is 0 Å². The van der Waals surface area contributed by atoms with Gasteiger partial charge in [-0.1, -0.05) is 78.9 Å². The van der Waals surface area contributed by atoms with E-state index in [9.17, 15) is 0 Å². The van der Waals surface area contributed by atoms with E-state index in [0.29, 0.717) is 0 Å². The molecule has 0 unspecified atom stereocenters. The second-order valence-electron chi connectivity index (χ2n) is 8.33. The number of aromatic nitrogens is 2. The normalized spacial score (nSPS) is 11.5. The van der Waals surface area contributed by atoms with Crippen LogP contribution in [0.25, 0.3) is 32.9 Å². The number of ether oxygens (including phenoxy) is 1. The molecule has 4 aromatic carbocycles. The highest BCUT2D eigenvalue weighted by molar-refractivity contribution is 6.06. The lowest BCUT2D eigenvalue weighted by Crippen LogP contribution is -2.05. The van der Waals surface area contributed by atoms with Gasteiger partial charge in [-0.15, -0.1) is 0 Å². The Labute approximate surface area is 192 Å². The molecule has 33 heavy (non-hydrogen) atoms. The van der Waals surface area contributed by atoms with Crippen molar-refractivity contribution in [1.29, 1.82) is 0 Å². The monoisotopic (exact) mass is 428 g/mol. The van der Waals surface area contributed by atoms with E-state index in [0.717, 1.165) is 22.2 Å². The Morgan fingerprint density at radius 3 is 2.03 bits per heavy atom. The summed E-state index contributed by atoms with van der Waals surface area (Å²) in [6.45, 7) is 0. The summed E-state index contributed by atoms with van der Waals surface area (Å²) in [5.74, 6) is 0.928. The molecule has 0 fully saturated rings. The van der Waals surface area contributed by atoms with Crippen LogP contribution in [0.15, 0.2) is 109 Å². The first-order chi connectivity index (χ1) is 16.3. The number of hydrogen-bond donors (Lipinski definition) is 2. The molecule has 2 N–H and O–H groups in total. The number of hydrogen-bond acceptors (Lipinski definition) is 1. The highest BCUT2D eigenvalue weighted by Crippen LogP contribution is 2.44. The van der Waals surface area contributed by atoms with Gasteiger partial charge in [-0.05, 0) is 35.4 Å². The summed E-state index contributed by atoms with van der Waals surface area (Å²) in [4.78, 5) is 7.27. The minimum atomic E-state index is 0.0744. The highest BCUT2D eigenvalue weighted by Gasteiger charge is 2.25. The van der Waals surface area contributed by atoms with Crippen molar-refractivity contribution in [2.24, 2.45) is 0 Å². The maximum Gasteiger partial charge on any atom is 0.119 e. The SMILES string of the molecule is COc1ccc2[nH]cc(-c3c(C(c4ccccc4)c4ccccc4)[nH]c4ccccc34)c2c1. The third-order valence-corrected chi connectivity index (χ3v) is 6.45. The van der Waals surface area contributed by atoms with E-state index in [-0.39, 0.29) is 5.92 Å². The summed E-state index contributed by atoms with van der Waals surface area (Å²) >= 11 is 0. The molecule has 0 saturated heterocycles. The molecular formula is C30H24N2O. The highest BCUT2D eigenvalue weighted by atomic mass is 16.5. The first-order valence-electron chi connectivity index (χ1n) is 11.2. The fourth-order valence-corrected chi connectivity index (χ4v) is 4.92. The average Bonchev–Trinajstić information content (AvgIpc) is 3.46. The van der Waals surface area contributed by atoms with E-state index < -0.39 is 0 Å². The summed E-state index contributed by atoms with van der Waals surface area (Å²) in [5, 5.41) is 2.37. The van der Waals surface area contributed by atoms with Crippen molar-refractivity contribution >= 4 is 21.8 Å². The molecule has 2 heterocycles. The Balaban J connectivity index is 1.68. The minimum absolute atomic E-state index is 0.0744. The number of methoxy groups -OCH3 is 1. The Hall–Kier alpha value is -4.24. The lowest BCUT2D eigenvalue weighted by atomic mass is 9.85. The molecule has 0 amide bonds. The van der Waals surface area contributed by atoms with Crippen LogP contribution in [-0.4, -0.2) is 17.1 Å². The van der Waals surface area contributed by atoms with Gasteiger partial charge in [0.15, 0.2) is 0 Å². The van der Waals surface area contributed by atoms with Crippen LogP contribution < -0.4 is 4.74 Å². The predicted molar refractivity (Wildman–Crippen MR) is 136 cm³/mol. The Bertz CT molecular complexity index is 1500. The van der Waals surface area contributed by atoms with Gasteiger partial charge in [0.1, 0.15) is 5.75 Å². The van der Waals surface area contributed by atoms with Gasteiger partial charge in [-0.3, -0.25) is 0 Å². The second-order valence-corrected chi connectivity index (χ2v) is 8.33. The number of nitrogens with one attached hydrogen (secondary N) is 2. The van der Waals surface area contributed by atoms with Crippen molar-refractivity contribution in [3.05, 3.63) is 126 Å². The van der Waals surface area contributed by atoms with Crippen molar-refractivity contribution in [1.82, 2.24) is 9.97 Å². The molecule has 0 aliphatic carbocycles. The molecule has 0 aliphatic rings. The third-order valence-electron chi connectivity index (χ3n) is 6.45. The van der Waals surface area contributed by atoms with Gasteiger partial charge in [0, 0.05) is 50.7 Å². The van der Waals surface area contributed by atoms with Crippen LogP contribution in [0.5, 0.6) is 5.75 Å². The van der Waals surface area contributed by atoms with Gasteiger partial charge in [0.25, 0.3) is 0 Å². The van der Waals surface area contributed by atoms with E-state index >= 15 is 0 Å². The summed E-state index contributed by atoms with van der Waals surface area (Å²) in [6, 6.07) is 36.2. The maximum absolute atomic E-state index is 5.55. The van der Waals surface area contributed by atoms with Gasteiger partial charge in [-0.25, -0.2) is 0 Å². The quantitative estimate of drug-likeness (QED) is 0.293. The molecule has 160 valence electrons. The van der Waals surface area contributed by atoms with Crippen LogP contribution in [0.3, 0.4) is 0 Å². The average molecular weight is 429 g/mol. The lowest BCUT2D eigenvalue weighted by Gasteiger charge is -2.19. The zero-order chi connectivity index (χ0) is 22.2. The van der Waals surface area contributed by atoms with Crippen LogP contribution in [0.4, 0.5) is 0 Å². The molecule has 0 saturated carbocycles. The minimum Gasteiger partial charge on any atom is -0.497 e. The van der Waals surface area contributed by atoms with Crippen molar-refractivity contribution in [3.63, 3.8) is 0 Å². The lowest BCUT2D eigenvalue weighted by molar-refractivity contribution is 0.415. The molecule has 6 rings (SSSR count). The van der Waals surface area contributed by atoms with Crippen molar-refractivity contribution in [2.75, 3.05) is 7.11 Å². The second kappa shape index (κ2) is 8.03. The fraction of sp³-hybridized carbons (Fsp3) is 0.0667. The molecule has 3 nitrogen and oxygen atoms in total. The summed E-state index contributed by atoms with van der Waals surface area (Å²) in [6.07, 6.45) is 2.12. The molecule has 0 aliphatic heterocycles. The summed E-state index contributed by atoms with van der Waals surface area (Å²) < 4.78 is 5.55. The topological polar surface area (TPSA) is 40.8 Å². The van der Waals surface area contributed by atoms with E-state index in [4.69, 9.17) is 4.74 Å². The largest absolute Gasteiger partial charge is 0.497 e. The van der Waals surface area contributed by atoms with Gasteiger partial charge in [-0.2, -0.15) is 0 Å². The van der Waals surface area contributed by atoms with E-state index in [1.54, 1.807) is 7.11 Å². The number of benzene rings is 4. The van der Waals surface area contributed by atoms with Crippen LogP contribution >= 0.6 is 0 Å². The first-order valence-corrected chi connectivity index (χ1v) is 11.2. The Kier molecular flexibility index (Phi) is 4.73. The van der Waals surface area contributed by atoms with Gasteiger partial charge in [0.05, 0.1) is 7.11 Å². The molecule has 3 heteroatoms. The molecular weight excluding hydrogens is 404 g/mol. The Morgan fingerprint density at radius 2 is 1.33 bits per heavy atom.